The zero-order valence-electron chi connectivity index (χ0n) is 10.4. The molecule has 2 aromatic rings. The van der Waals surface area contributed by atoms with E-state index in [4.69, 9.17) is 11.1 Å². The number of nitrogens with zero attached hydrogens (tertiary/aromatic N) is 1. The number of hydrogen-bond donors (Lipinski definition) is 2. The predicted octanol–water partition coefficient (Wildman–Crippen LogP) is 2.93. The first-order valence-corrected chi connectivity index (χ1v) is 6.02. The molecular weight excluding hydrogens is 248 g/mol. The number of anilines is 1. The van der Waals surface area contributed by atoms with Crippen LogP contribution in [-0.2, 0) is 0 Å². The molecule has 0 saturated carbocycles. The van der Waals surface area contributed by atoms with Crippen molar-refractivity contribution >= 4 is 22.4 Å². The lowest BCUT2D eigenvalue weighted by Gasteiger charge is -2.17. The highest BCUT2D eigenvalue weighted by Crippen LogP contribution is 2.41. The average molecular weight is 261 g/mol. The van der Waals surface area contributed by atoms with Crippen LogP contribution in [0.25, 0.3) is 10.8 Å². The van der Waals surface area contributed by atoms with E-state index in [0.29, 0.717) is 17.6 Å². The topological polar surface area (TPSA) is 53.1 Å². The number of nitrogens with two attached hydrogens (primary N) is 1. The molecule has 2 aromatic carbocycles. The van der Waals surface area contributed by atoms with Crippen LogP contribution >= 0.6 is 0 Å². The molecule has 1 heterocycles. The maximum absolute atomic E-state index is 14.1. The fourth-order valence-corrected chi connectivity index (χ4v) is 2.80. The van der Waals surface area contributed by atoms with E-state index >= 15 is 0 Å². The van der Waals surface area contributed by atoms with Crippen molar-refractivity contribution in [3.8, 4) is 0 Å². The van der Waals surface area contributed by atoms with Gasteiger partial charge in [-0.15, -0.1) is 0 Å². The van der Waals surface area contributed by atoms with E-state index in [-0.39, 0.29) is 17.3 Å². The lowest BCUT2D eigenvalue weighted by atomic mass is 9.96. The van der Waals surface area contributed by atoms with E-state index in [0.717, 1.165) is 5.56 Å². The largest absolute Gasteiger partial charge is 0.370 e. The quantitative estimate of drug-likeness (QED) is 0.566. The Balaban J connectivity index is 2.36. The molecule has 1 aliphatic rings. The molecule has 3 rings (SSSR count). The van der Waals surface area contributed by atoms with Gasteiger partial charge >= 0.3 is 0 Å². The number of guanidine groups is 1. The highest BCUT2D eigenvalue weighted by atomic mass is 19.1. The molecular formula is C14H13F2N3. The Bertz CT molecular complexity index is 697. The van der Waals surface area contributed by atoms with Crippen molar-refractivity contribution in [3.05, 3.63) is 41.5 Å². The van der Waals surface area contributed by atoms with Crippen LogP contribution in [0.15, 0.2) is 24.3 Å². The third-order valence-corrected chi connectivity index (χ3v) is 3.60. The van der Waals surface area contributed by atoms with Gasteiger partial charge in [-0.05, 0) is 29.1 Å². The molecule has 5 heteroatoms. The molecule has 19 heavy (non-hydrogen) atoms. The lowest BCUT2D eigenvalue weighted by molar-refractivity contribution is 0.621. The number of halogens is 2. The third kappa shape index (κ3) is 1.65. The van der Waals surface area contributed by atoms with Gasteiger partial charge in [0.05, 0.1) is 5.69 Å². The summed E-state index contributed by atoms with van der Waals surface area (Å²) in [6.45, 7) is 2.53. The van der Waals surface area contributed by atoms with Crippen molar-refractivity contribution in [1.29, 1.82) is 5.41 Å². The summed E-state index contributed by atoms with van der Waals surface area (Å²) in [5, 5.41) is 8.51. The summed E-state index contributed by atoms with van der Waals surface area (Å²) in [6, 6.07) is 5.45. The average Bonchev–Trinajstić information content (AvgIpc) is 2.67. The maximum atomic E-state index is 14.1. The molecule has 98 valence electrons. The second kappa shape index (κ2) is 3.91. The van der Waals surface area contributed by atoms with Gasteiger partial charge in [-0.2, -0.15) is 0 Å². The van der Waals surface area contributed by atoms with Gasteiger partial charge in [0.15, 0.2) is 5.96 Å². The fourth-order valence-electron chi connectivity index (χ4n) is 2.80. The van der Waals surface area contributed by atoms with Crippen LogP contribution in [0.1, 0.15) is 18.4 Å². The van der Waals surface area contributed by atoms with E-state index in [1.165, 1.54) is 18.2 Å². The normalized spacial score (nSPS) is 17.8. The molecule has 1 unspecified atom stereocenters. The van der Waals surface area contributed by atoms with Crippen LogP contribution in [-0.4, -0.2) is 12.5 Å². The van der Waals surface area contributed by atoms with Gasteiger partial charge in [0, 0.05) is 17.8 Å². The molecule has 0 saturated heterocycles. The first kappa shape index (κ1) is 11.9. The van der Waals surface area contributed by atoms with E-state index < -0.39 is 11.6 Å². The Morgan fingerprint density at radius 1 is 1.32 bits per heavy atom. The Hall–Kier alpha value is -2.17. The van der Waals surface area contributed by atoms with Crippen molar-refractivity contribution in [2.75, 3.05) is 11.4 Å². The summed E-state index contributed by atoms with van der Waals surface area (Å²) < 4.78 is 27.3. The van der Waals surface area contributed by atoms with Crippen LogP contribution in [0.5, 0.6) is 0 Å². The van der Waals surface area contributed by atoms with Gasteiger partial charge in [0.25, 0.3) is 0 Å². The molecule has 0 radical (unpaired) electrons. The summed E-state index contributed by atoms with van der Waals surface area (Å²) in [6.07, 6.45) is 0. The molecule has 0 amide bonds. The zero-order chi connectivity index (χ0) is 13.7. The minimum atomic E-state index is -0.492. The van der Waals surface area contributed by atoms with Gasteiger partial charge < -0.3 is 10.6 Å². The van der Waals surface area contributed by atoms with Crippen molar-refractivity contribution in [2.45, 2.75) is 12.8 Å². The van der Waals surface area contributed by atoms with Crippen molar-refractivity contribution < 1.29 is 8.78 Å². The Kier molecular flexibility index (Phi) is 2.45. The van der Waals surface area contributed by atoms with E-state index in [1.54, 1.807) is 11.0 Å². The summed E-state index contributed by atoms with van der Waals surface area (Å²) >= 11 is 0. The third-order valence-electron chi connectivity index (χ3n) is 3.60. The minimum Gasteiger partial charge on any atom is -0.370 e. The van der Waals surface area contributed by atoms with Gasteiger partial charge in [-0.3, -0.25) is 5.41 Å². The van der Waals surface area contributed by atoms with E-state index in [2.05, 4.69) is 0 Å². The molecule has 0 aliphatic carbocycles. The molecule has 0 spiro atoms. The monoisotopic (exact) mass is 261 g/mol. The van der Waals surface area contributed by atoms with Crippen LogP contribution < -0.4 is 10.6 Å². The number of nitrogens with one attached hydrogen (secondary N) is 1. The van der Waals surface area contributed by atoms with Gasteiger partial charge in [-0.25, -0.2) is 8.78 Å². The summed E-state index contributed by atoms with van der Waals surface area (Å²) in [4.78, 5) is 1.58. The summed E-state index contributed by atoms with van der Waals surface area (Å²) in [5.74, 6) is -0.937. The minimum absolute atomic E-state index is 0.105. The highest BCUT2D eigenvalue weighted by molar-refractivity contribution is 6.01. The second-order valence-electron chi connectivity index (χ2n) is 4.88. The number of benzene rings is 2. The van der Waals surface area contributed by atoms with Crippen LogP contribution in [0.2, 0.25) is 0 Å². The number of fused-ring (bicyclic) bond motifs is 3. The van der Waals surface area contributed by atoms with Crippen LogP contribution in [0.3, 0.4) is 0 Å². The lowest BCUT2D eigenvalue weighted by Crippen LogP contribution is -2.35. The Morgan fingerprint density at radius 3 is 2.74 bits per heavy atom. The van der Waals surface area contributed by atoms with Gasteiger partial charge in [-0.1, -0.05) is 13.0 Å². The SMILES string of the molecule is CC1CN(C(=N)N)c2cc(F)c3cc(F)ccc3c21. The first-order chi connectivity index (χ1) is 8.99. The smallest absolute Gasteiger partial charge is 0.192 e. The summed E-state index contributed by atoms with van der Waals surface area (Å²) in [5.41, 5.74) is 7.05. The molecule has 3 N–H and O–H groups in total. The Labute approximate surface area is 109 Å². The molecule has 0 aromatic heterocycles. The molecule has 1 aliphatic heterocycles. The van der Waals surface area contributed by atoms with Crippen LogP contribution in [0.4, 0.5) is 14.5 Å². The molecule has 0 bridgehead atoms. The van der Waals surface area contributed by atoms with Crippen molar-refractivity contribution in [2.24, 2.45) is 5.73 Å². The van der Waals surface area contributed by atoms with Crippen molar-refractivity contribution in [3.63, 3.8) is 0 Å². The number of rotatable bonds is 0. The van der Waals surface area contributed by atoms with Crippen molar-refractivity contribution in [1.82, 2.24) is 0 Å². The fraction of sp³-hybridized carbons (Fsp3) is 0.214. The molecule has 3 nitrogen and oxygen atoms in total. The van der Waals surface area contributed by atoms with E-state index in [9.17, 15) is 8.78 Å². The molecule has 1 atom stereocenters. The summed E-state index contributed by atoms with van der Waals surface area (Å²) in [7, 11) is 0. The predicted molar refractivity (Wildman–Crippen MR) is 71.5 cm³/mol. The molecule has 0 fully saturated rings. The standard InChI is InChI=1S/C14H13F2N3/c1-7-6-19(14(17)18)12-5-11(16)10-4-8(15)2-3-9(10)13(7)12/h2-5,7H,6H2,1H3,(H3,17,18). The first-order valence-electron chi connectivity index (χ1n) is 6.02. The second-order valence-corrected chi connectivity index (χ2v) is 4.88. The van der Waals surface area contributed by atoms with Crippen LogP contribution in [0, 0.1) is 17.0 Å². The Morgan fingerprint density at radius 2 is 2.05 bits per heavy atom. The van der Waals surface area contributed by atoms with Gasteiger partial charge in [0.1, 0.15) is 11.6 Å². The maximum Gasteiger partial charge on any atom is 0.192 e. The van der Waals surface area contributed by atoms with Gasteiger partial charge in [0.2, 0.25) is 0 Å². The zero-order valence-corrected chi connectivity index (χ0v) is 10.4. The van der Waals surface area contributed by atoms with E-state index in [1.807, 2.05) is 6.92 Å². The number of hydrogen-bond acceptors (Lipinski definition) is 1. The highest BCUT2D eigenvalue weighted by Gasteiger charge is 2.30.